The van der Waals surface area contributed by atoms with E-state index in [-0.39, 0.29) is 6.79 Å². The second kappa shape index (κ2) is 4.74. The molecule has 20 heavy (non-hydrogen) atoms. The first kappa shape index (κ1) is 12.8. The van der Waals surface area contributed by atoms with Crippen LogP contribution in [0.1, 0.15) is 19.5 Å². The minimum absolute atomic E-state index is 0.278. The third kappa shape index (κ3) is 2.09. The summed E-state index contributed by atoms with van der Waals surface area (Å²) in [6, 6.07) is 5.90. The average molecular weight is 273 g/mol. The van der Waals surface area contributed by atoms with E-state index in [9.17, 15) is 0 Å². The van der Waals surface area contributed by atoms with E-state index >= 15 is 0 Å². The molecule has 0 radical (unpaired) electrons. The van der Waals surface area contributed by atoms with Crippen molar-refractivity contribution in [1.82, 2.24) is 9.78 Å². The summed E-state index contributed by atoms with van der Waals surface area (Å²) in [4.78, 5) is 0. The molecule has 0 aliphatic carbocycles. The molecule has 2 N–H and O–H groups in total. The summed E-state index contributed by atoms with van der Waals surface area (Å²) >= 11 is 0. The molecule has 1 aliphatic heterocycles. The third-order valence-electron chi connectivity index (χ3n) is 3.43. The molecule has 2 aromatic rings. The molecule has 5 heteroatoms. The van der Waals surface area contributed by atoms with E-state index < -0.39 is 0 Å². The van der Waals surface area contributed by atoms with Gasteiger partial charge in [-0.3, -0.25) is 4.68 Å². The SMILES string of the molecule is CC(C)Cc1nn(C)c(N)c1-c1ccc2c(c1)OCO2. The van der Waals surface area contributed by atoms with Gasteiger partial charge in [-0.1, -0.05) is 19.9 Å². The number of aryl methyl sites for hydroxylation is 1. The van der Waals surface area contributed by atoms with Gasteiger partial charge < -0.3 is 15.2 Å². The van der Waals surface area contributed by atoms with Crippen LogP contribution in [-0.2, 0) is 13.5 Å². The van der Waals surface area contributed by atoms with Crippen molar-refractivity contribution in [2.24, 2.45) is 13.0 Å². The molecule has 1 aromatic carbocycles. The van der Waals surface area contributed by atoms with Gasteiger partial charge in [-0.15, -0.1) is 0 Å². The van der Waals surface area contributed by atoms with Crippen LogP contribution in [0.4, 0.5) is 5.82 Å². The van der Waals surface area contributed by atoms with Gasteiger partial charge in [-0.25, -0.2) is 0 Å². The maximum atomic E-state index is 6.18. The van der Waals surface area contributed by atoms with Crippen LogP contribution in [0.25, 0.3) is 11.1 Å². The van der Waals surface area contributed by atoms with Crippen molar-refractivity contribution < 1.29 is 9.47 Å². The molecule has 0 unspecified atom stereocenters. The Bertz CT molecular complexity index is 647. The van der Waals surface area contributed by atoms with Crippen molar-refractivity contribution in [2.45, 2.75) is 20.3 Å². The van der Waals surface area contributed by atoms with E-state index in [0.717, 1.165) is 34.7 Å². The Morgan fingerprint density at radius 3 is 2.80 bits per heavy atom. The van der Waals surface area contributed by atoms with E-state index in [1.165, 1.54) is 0 Å². The minimum atomic E-state index is 0.278. The maximum absolute atomic E-state index is 6.18. The monoisotopic (exact) mass is 273 g/mol. The van der Waals surface area contributed by atoms with E-state index in [4.69, 9.17) is 15.2 Å². The van der Waals surface area contributed by atoms with Gasteiger partial charge in [0.05, 0.1) is 5.69 Å². The van der Waals surface area contributed by atoms with Crippen LogP contribution in [0, 0.1) is 5.92 Å². The predicted octanol–water partition coefficient (Wildman–Crippen LogP) is 2.60. The highest BCUT2D eigenvalue weighted by Crippen LogP contribution is 2.39. The van der Waals surface area contributed by atoms with E-state index in [1.54, 1.807) is 4.68 Å². The third-order valence-corrected chi connectivity index (χ3v) is 3.43. The molecule has 1 aromatic heterocycles. The second-order valence-electron chi connectivity index (χ2n) is 5.50. The van der Waals surface area contributed by atoms with Crippen molar-refractivity contribution in [1.29, 1.82) is 0 Å². The van der Waals surface area contributed by atoms with E-state index in [1.807, 2.05) is 25.2 Å². The molecule has 2 heterocycles. The van der Waals surface area contributed by atoms with Crippen LogP contribution < -0.4 is 15.2 Å². The number of anilines is 1. The quantitative estimate of drug-likeness (QED) is 0.933. The van der Waals surface area contributed by atoms with Gasteiger partial charge in [-0.2, -0.15) is 5.10 Å². The van der Waals surface area contributed by atoms with Crippen molar-refractivity contribution in [3.05, 3.63) is 23.9 Å². The summed E-state index contributed by atoms with van der Waals surface area (Å²) in [5, 5.41) is 4.54. The molecular weight excluding hydrogens is 254 g/mol. The fourth-order valence-electron chi connectivity index (χ4n) is 2.49. The zero-order valence-electron chi connectivity index (χ0n) is 12.0. The Hall–Kier alpha value is -2.17. The molecule has 5 nitrogen and oxygen atoms in total. The first-order valence-electron chi connectivity index (χ1n) is 6.77. The lowest BCUT2D eigenvalue weighted by molar-refractivity contribution is 0.174. The Labute approximate surface area is 118 Å². The lowest BCUT2D eigenvalue weighted by atomic mass is 9.99. The van der Waals surface area contributed by atoms with Crippen LogP contribution in [0.3, 0.4) is 0 Å². The lowest BCUT2D eigenvalue weighted by Crippen LogP contribution is -1.98. The normalized spacial score (nSPS) is 13.2. The molecule has 0 saturated carbocycles. The zero-order chi connectivity index (χ0) is 14.3. The number of nitrogens with zero attached hydrogens (tertiary/aromatic N) is 2. The number of fused-ring (bicyclic) bond motifs is 1. The summed E-state index contributed by atoms with van der Waals surface area (Å²) in [5.41, 5.74) is 9.23. The predicted molar refractivity (Wildman–Crippen MR) is 77.7 cm³/mol. The number of nitrogen functional groups attached to an aromatic ring is 1. The number of ether oxygens (including phenoxy) is 2. The topological polar surface area (TPSA) is 62.3 Å². The van der Waals surface area contributed by atoms with Crippen LogP contribution in [-0.4, -0.2) is 16.6 Å². The Morgan fingerprint density at radius 2 is 2.05 bits per heavy atom. The van der Waals surface area contributed by atoms with Crippen LogP contribution in [0.2, 0.25) is 0 Å². The smallest absolute Gasteiger partial charge is 0.231 e. The summed E-state index contributed by atoms with van der Waals surface area (Å²) in [5.74, 6) is 2.75. The summed E-state index contributed by atoms with van der Waals surface area (Å²) in [6.07, 6.45) is 0.898. The Kier molecular flexibility index (Phi) is 3.04. The molecule has 0 spiro atoms. The van der Waals surface area contributed by atoms with Crippen LogP contribution >= 0.6 is 0 Å². The van der Waals surface area contributed by atoms with Gasteiger partial charge in [0, 0.05) is 12.6 Å². The highest BCUT2D eigenvalue weighted by molar-refractivity contribution is 5.78. The number of hydrogen-bond donors (Lipinski definition) is 1. The zero-order valence-corrected chi connectivity index (χ0v) is 12.0. The number of rotatable bonds is 3. The van der Waals surface area contributed by atoms with Gasteiger partial charge in [0.25, 0.3) is 0 Å². The molecule has 0 atom stereocenters. The highest BCUT2D eigenvalue weighted by atomic mass is 16.7. The van der Waals surface area contributed by atoms with E-state index in [2.05, 4.69) is 18.9 Å². The van der Waals surface area contributed by atoms with E-state index in [0.29, 0.717) is 11.7 Å². The maximum Gasteiger partial charge on any atom is 0.231 e. The van der Waals surface area contributed by atoms with Gasteiger partial charge in [0.1, 0.15) is 5.82 Å². The number of aromatic nitrogens is 2. The summed E-state index contributed by atoms with van der Waals surface area (Å²) in [6.45, 7) is 4.63. The Morgan fingerprint density at radius 1 is 1.30 bits per heavy atom. The average Bonchev–Trinajstić information content (AvgIpc) is 2.94. The van der Waals surface area contributed by atoms with Crippen LogP contribution in [0.5, 0.6) is 11.5 Å². The van der Waals surface area contributed by atoms with Gasteiger partial charge >= 0.3 is 0 Å². The van der Waals surface area contributed by atoms with Gasteiger partial charge in [-0.05, 0) is 30.0 Å². The summed E-state index contributed by atoms with van der Waals surface area (Å²) in [7, 11) is 1.87. The molecule has 0 fully saturated rings. The summed E-state index contributed by atoms with van der Waals surface area (Å²) < 4.78 is 12.5. The molecule has 0 bridgehead atoms. The number of nitrogens with two attached hydrogens (primary N) is 1. The highest BCUT2D eigenvalue weighted by Gasteiger charge is 2.20. The molecule has 3 rings (SSSR count). The number of benzene rings is 1. The van der Waals surface area contributed by atoms with Gasteiger partial charge in [0.2, 0.25) is 6.79 Å². The number of hydrogen-bond acceptors (Lipinski definition) is 4. The Balaban J connectivity index is 2.09. The molecule has 1 aliphatic rings. The molecule has 106 valence electrons. The molecule has 0 saturated heterocycles. The first-order chi connectivity index (χ1) is 9.56. The van der Waals surface area contributed by atoms with Crippen molar-refractivity contribution in [3.8, 4) is 22.6 Å². The van der Waals surface area contributed by atoms with Crippen LogP contribution in [0.15, 0.2) is 18.2 Å². The van der Waals surface area contributed by atoms with Crippen molar-refractivity contribution in [2.75, 3.05) is 12.5 Å². The van der Waals surface area contributed by atoms with Gasteiger partial charge in [0.15, 0.2) is 11.5 Å². The molecular formula is C15H19N3O2. The standard InChI is InChI=1S/C15H19N3O2/c1-9(2)6-11-14(15(16)18(3)17-11)10-4-5-12-13(7-10)20-8-19-12/h4-5,7,9H,6,8,16H2,1-3H3. The molecule has 0 amide bonds. The minimum Gasteiger partial charge on any atom is -0.454 e. The largest absolute Gasteiger partial charge is 0.454 e. The fourth-order valence-corrected chi connectivity index (χ4v) is 2.49. The fraction of sp³-hybridized carbons (Fsp3) is 0.400. The first-order valence-corrected chi connectivity index (χ1v) is 6.77. The lowest BCUT2D eigenvalue weighted by Gasteiger charge is -2.07. The van der Waals surface area contributed by atoms with Crippen molar-refractivity contribution in [3.63, 3.8) is 0 Å². The van der Waals surface area contributed by atoms with Crippen molar-refractivity contribution >= 4 is 5.82 Å². The second-order valence-corrected chi connectivity index (χ2v) is 5.50.